The summed E-state index contributed by atoms with van der Waals surface area (Å²) in [5.41, 5.74) is 2.66. The summed E-state index contributed by atoms with van der Waals surface area (Å²) in [6, 6.07) is 6.09. The van der Waals surface area contributed by atoms with E-state index in [1.165, 1.54) is 16.7 Å². The fourth-order valence-corrected chi connectivity index (χ4v) is 1.51. The van der Waals surface area contributed by atoms with Crippen molar-refractivity contribution in [1.82, 2.24) is 5.32 Å². The van der Waals surface area contributed by atoms with Crippen molar-refractivity contribution in [3.05, 3.63) is 34.9 Å². The molecule has 0 atom stereocenters. The minimum Gasteiger partial charge on any atom is -0.480 e. The van der Waals surface area contributed by atoms with Gasteiger partial charge in [-0.05, 0) is 44.4 Å². The van der Waals surface area contributed by atoms with Gasteiger partial charge in [-0.2, -0.15) is 0 Å². The molecule has 0 radical (unpaired) electrons. The predicted molar refractivity (Wildman–Crippen MR) is 64.5 cm³/mol. The molecule has 16 heavy (non-hydrogen) atoms. The highest BCUT2D eigenvalue weighted by molar-refractivity contribution is 5.77. The molecule has 0 aliphatic rings. The standard InChI is InChI=1S/C13H19NO2/c1-9-6-5-7-10(2)11(9)8-14-13(3,4)12(15)16/h5-7,14H,8H2,1-4H3,(H,15,16). The Labute approximate surface area is 96.5 Å². The molecule has 0 fully saturated rings. The maximum atomic E-state index is 10.9. The van der Waals surface area contributed by atoms with E-state index in [0.29, 0.717) is 6.54 Å². The molecule has 1 aromatic rings. The Bertz CT molecular complexity index is 377. The molecule has 1 rings (SSSR count). The van der Waals surface area contributed by atoms with Gasteiger partial charge in [0.15, 0.2) is 0 Å². The Morgan fingerprint density at radius 2 is 1.81 bits per heavy atom. The molecule has 0 spiro atoms. The number of nitrogens with one attached hydrogen (secondary N) is 1. The van der Waals surface area contributed by atoms with Crippen LogP contribution in [-0.2, 0) is 11.3 Å². The SMILES string of the molecule is Cc1cccc(C)c1CNC(C)(C)C(=O)O. The third kappa shape index (κ3) is 2.83. The van der Waals surface area contributed by atoms with Crippen LogP contribution < -0.4 is 5.32 Å². The van der Waals surface area contributed by atoms with E-state index in [4.69, 9.17) is 5.11 Å². The number of aryl methyl sites for hydroxylation is 2. The predicted octanol–water partition coefficient (Wildman–Crippen LogP) is 2.26. The molecule has 0 bridgehead atoms. The third-order valence-electron chi connectivity index (χ3n) is 2.89. The van der Waals surface area contributed by atoms with Gasteiger partial charge in [0.1, 0.15) is 5.54 Å². The molecule has 0 saturated heterocycles. The lowest BCUT2D eigenvalue weighted by Gasteiger charge is -2.22. The Balaban J connectivity index is 2.79. The molecule has 0 aliphatic carbocycles. The fraction of sp³-hybridized carbons (Fsp3) is 0.462. The van der Waals surface area contributed by atoms with Crippen LogP contribution in [0.25, 0.3) is 0 Å². The highest BCUT2D eigenvalue weighted by atomic mass is 16.4. The summed E-state index contributed by atoms with van der Waals surface area (Å²) in [5.74, 6) is -0.835. The van der Waals surface area contributed by atoms with Crippen molar-refractivity contribution in [2.45, 2.75) is 39.8 Å². The second-order valence-electron chi connectivity index (χ2n) is 4.65. The monoisotopic (exact) mass is 221 g/mol. The lowest BCUT2D eigenvalue weighted by molar-refractivity contribution is -0.143. The Morgan fingerprint density at radius 3 is 2.25 bits per heavy atom. The normalized spacial score (nSPS) is 11.5. The zero-order valence-electron chi connectivity index (χ0n) is 10.3. The molecule has 2 N–H and O–H groups in total. The lowest BCUT2D eigenvalue weighted by atomic mass is 10.0. The summed E-state index contributed by atoms with van der Waals surface area (Å²) in [7, 11) is 0. The molecule has 1 aromatic carbocycles. The Morgan fingerprint density at radius 1 is 1.31 bits per heavy atom. The Kier molecular flexibility index (Phi) is 3.70. The van der Waals surface area contributed by atoms with Crippen molar-refractivity contribution in [3.63, 3.8) is 0 Å². The second kappa shape index (κ2) is 4.66. The zero-order valence-corrected chi connectivity index (χ0v) is 10.3. The van der Waals surface area contributed by atoms with Crippen molar-refractivity contribution >= 4 is 5.97 Å². The summed E-state index contributed by atoms with van der Waals surface area (Å²) < 4.78 is 0. The summed E-state index contributed by atoms with van der Waals surface area (Å²) in [6.07, 6.45) is 0. The van der Waals surface area contributed by atoms with Crippen LogP contribution >= 0.6 is 0 Å². The number of carboxylic acid groups (broad SMARTS) is 1. The van der Waals surface area contributed by atoms with Crippen molar-refractivity contribution < 1.29 is 9.90 Å². The molecule has 0 aromatic heterocycles. The van der Waals surface area contributed by atoms with Crippen LogP contribution in [0.1, 0.15) is 30.5 Å². The number of aliphatic carboxylic acids is 1. The molecular formula is C13H19NO2. The molecule has 0 heterocycles. The molecule has 0 saturated carbocycles. The van der Waals surface area contributed by atoms with E-state index in [1.54, 1.807) is 13.8 Å². The first-order valence-corrected chi connectivity index (χ1v) is 5.38. The molecule has 0 amide bonds. The molecule has 0 aliphatic heterocycles. The smallest absolute Gasteiger partial charge is 0.323 e. The van der Waals surface area contributed by atoms with Crippen LogP contribution in [0.2, 0.25) is 0 Å². The number of hydrogen-bond donors (Lipinski definition) is 2. The quantitative estimate of drug-likeness (QED) is 0.820. The van der Waals surface area contributed by atoms with Gasteiger partial charge in [-0.15, -0.1) is 0 Å². The molecule has 88 valence electrons. The minimum atomic E-state index is -0.894. The van der Waals surface area contributed by atoms with Crippen LogP contribution in [0, 0.1) is 13.8 Å². The van der Waals surface area contributed by atoms with Crippen LogP contribution in [0.5, 0.6) is 0 Å². The maximum absolute atomic E-state index is 10.9. The maximum Gasteiger partial charge on any atom is 0.323 e. The van der Waals surface area contributed by atoms with Crippen LogP contribution in [0.3, 0.4) is 0 Å². The molecule has 3 nitrogen and oxygen atoms in total. The highest BCUT2D eigenvalue weighted by Gasteiger charge is 2.26. The van der Waals surface area contributed by atoms with E-state index in [9.17, 15) is 4.79 Å². The third-order valence-corrected chi connectivity index (χ3v) is 2.89. The topological polar surface area (TPSA) is 49.3 Å². The van der Waals surface area contributed by atoms with Gasteiger partial charge in [0, 0.05) is 6.54 Å². The second-order valence-corrected chi connectivity index (χ2v) is 4.65. The average Bonchev–Trinajstić information content (AvgIpc) is 2.16. The van der Waals surface area contributed by atoms with Gasteiger partial charge in [-0.25, -0.2) is 0 Å². The summed E-state index contributed by atoms with van der Waals surface area (Å²) in [5, 5.41) is 12.1. The van der Waals surface area contributed by atoms with E-state index in [1.807, 2.05) is 32.0 Å². The molecule has 0 unspecified atom stereocenters. The first kappa shape index (κ1) is 12.7. The van der Waals surface area contributed by atoms with Crippen molar-refractivity contribution in [2.24, 2.45) is 0 Å². The van der Waals surface area contributed by atoms with Gasteiger partial charge in [0.05, 0.1) is 0 Å². The number of benzene rings is 1. The summed E-state index contributed by atoms with van der Waals surface area (Å²) in [4.78, 5) is 10.9. The van der Waals surface area contributed by atoms with Crippen molar-refractivity contribution in [1.29, 1.82) is 0 Å². The van der Waals surface area contributed by atoms with Gasteiger partial charge < -0.3 is 5.11 Å². The van der Waals surface area contributed by atoms with Crippen LogP contribution in [-0.4, -0.2) is 16.6 Å². The number of rotatable bonds is 4. The van der Waals surface area contributed by atoms with Crippen LogP contribution in [0.15, 0.2) is 18.2 Å². The lowest BCUT2D eigenvalue weighted by Crippen LogP contribution is -2.46. The van der Waals surface area contributed by atoms with Gasteiger partial charge >= 0.3 is 5.97 Å². The van der Waals surface area contributed by atoms with Crippen molar-refractivity contribution in [3.8, 4) is 0 Å². The Hall–Kier alpha value is -1.35. The average molecular weight is 221 g/mol. The zero-order chi connectivity index (χ0) is 12.3. The van der Waals surface area contributed by atoms with E-state index in [2.05, 4.69) is 5.32 Å². The fourth-order valence-electron chi connectivity index (χ4n) is 1.51. The summed E-state index contributed by atoms with van der Waals surface area (Å²) >= 11 is 0. The van der Waals surface area contributed by atoms with Crippen molar-refractivity contribution in [2.75, 3.05) is 0 Å². The van der Waals surface area contributed by atoms with Gasteiger partial charge in [-0.1, -0.05) is 18.2 Å². The van der Waals surface area contributed by atoms with Gasteiger partial charge in [-0.3, -0.25) is 10.1 Å². The van der Waals surface area contributed by atoms with Gasteiger partial charge in [0.2, 0.25) is 0 Å². The number of carbonyl (C=O) groups is 1. The number of hydrogen-bond acceptors (Lipinski definition) is 2. The molecular weight excluding hydrogens is 202 g/mol. The molecule has 3 heteroatoms. The largest absolute Gasteiger partial charge is 0.480 e. The van der Waals surface area contributed by atoms with E-state index in [0.717, 1.165) is 0 Å². The first-order chi connectivity index (χ1) is 7.34. The van der Waals surface area contributed by atoms with E-state index in [-0.39, 0.29) is 0 Å². The number of carboxylic acids is 1. The minimum absolute atomic E-state index is 0.581. The van der Waals surface area contributed by atoms with Gasteiger partial charge in [0.25, 0.3) is 0 Å². The first-order valence-electron chi connectivity index (χ1n) is 5.38. The van der Waals surface area contributed by atoms with Crippen LogP contribution in [0.4, 0.5) is 0 Å². The van der Waals surface area contributed by atoms with E-state index >= 15 is 0 Å². The summed E-state index contributed by atoms with van der Waals surface area (Å²) in [6.45, 7) is 8.00. The van der Waals surface area contributed by atoms with E-state index < -0.39 is 11.5 Å². The highest BCUT2D eigenvalue weighted by Crippen LogP contribution is 2.14.